The lowest BCUT2D eigenvalue weighted by Gasteiger charge is -2.43. The number of nitrogens with zero attached hydrogens (tertiary/aromatic N) is 4. The van der Waals surface area contributed by atoms with Gasteiger partial charge in [0.1, 0.15) is 6.04 Å². The number of aromatic nitrogens is 1. The molecular weight excluding hydrogens is 653 g/mol. The number of carbonyl (C=O) groups excluding carboxylic acids is 2. The van der Waals surface area contributed by atoms with E-state index in [1.807, 2.05) is 28.0 Å². The van der Waals surface area contributed by atoms with E-state index in [9.17, 15) is 4.79 Å². The molecule has 6 nitrogen and oxygen atoms in total. The standard InChI is InChI=1S/C47H48N4O2/c1-5-33(3)42(47(53)50-30-28-49(29-31-50)43(34-16-8-6-9-17-34)35-18-10-7-11-19-35)51-45(37-20-12-13-21-38(37)46(51)52)41-39-22-14-15-23-40(39)48(4)44(41)36-26-24-32(2)25-27-36/h6-27,33,42-43,45H,5,28-31H2,1-4H3. The van der Waals surface area contributed by atoms with Crippen LogP contribution in [0.1, 0.15) is 70.5 Å². The predicted molar refractivity (Wildman–Crippen MR) is 214 cm³/mol. The molecule has 2 aliphatic rings. The van der Waals surface area contributed by atoms with Crippen LogP contribution in [0.25, 0.3) is 22.2 Å². The fourth-order valence-electron chi connectivity index (χ4n) is 8.81. The quantitative estimate of drug-likeness (QED) is 0.151. The van der Waals surface area contributed by atoms with E-state index in [0.29, 0.717) is 18.7 Å². The largest absolute Gasteiger partial charge is 0.343 e. The molecule has 1 aromatic heterocycles. The average molecular weight is 701 g/mol. The van der Waals surface area contributed by atoms with E-state index >= 15 is 4.79 Å². The highest BCUT2D eigenvalue weighted by atomic mass is 16.2. The van der Waals surface area contributed by atoms with Crippen LogP contribution < -0.4 is 0 Å². The Kier molecular flexibility index (Phi) is 9.48. The molecule has 3 heterocycles. The third-order valence-electron chi connectivity index (χ3n) is 11.7. The third kappa shape index (κ3) is 6.15. The van der Waals surface area contributed by atoms with Crippen LogP contribution in [-0.2, 0) is 11.8 Å². The summed E-state index contributed by atoms with van der Waals surface area (Å²) in [7, 11) is 2.11. The van der Waals surface area contributed by atoms with Crippen LogP contribution in [0.15, 0.2) is 133 Å². The Morgan fingerprint density at radius 2 is 1.32 bits per heavy atom. The molecule has 2 amide bonds. The summed E-state index contributed by atoms with van der Waals surface area (Å²) in [5.74, 6) is -0.0855. The summed E-state index contributed by atoms with van der Waals surface area (Å²) in [6, 6.07) is 45.5. The van der Waals surface area contributed by atoms with Crippen molar-refractivity contribution in [1.82, 2.24) is 19.3 Å². The zero-order valence-corrected chi connectivity index (χ0v) is 31.2. The van der Waals surface area contributed by atoms with Crippen molar-refractivity contribution in [1.29, 1.82) is 0 Å². The highest BCUT2D eigenvalue weighted by Crippen LogP contribution is 2.48. The first-order chi connectivity index (χ1) is 25.9. The fourth-order valence-corrected chi connectivity index (χ4v) is 8.81. The van der Waals surface area contributed by atoms with E-state index in [2.05, 4.69) is 153 Å². The predicted octanol–water partition coefficient (Wildman–Crippen LogP) is 9.05. The summed E-state index contributed by atoms with van der Waals surface area (Å²) >= 11 is 0. The van der Waals surface area contributed by atoms with E-state index in [1.165, 1.54) is 16.7 Å². The van der Waals surface area contributed by atoms with Crippen molar-refractivity contribution in [2.45, 2.75) is 45.3 Å². The van der Waals surface area contributed by atoms with Crippen molar-refractivity contribution in [3.63, 3.8) is 0 Å². The zero-order chi connectivity index (χ0) is 36.6. The molecule has 5 aromatic carbocycles. The van der Waals surface area contributed by atoms with Crippen molar-refractivity contribution in [3.05, 3.63) is 167 Å². The van der Waals surface area contributed by atoms with E-state index in [-0.39, 0.29) is 23.8 Å². The SMILES string of the molecule is CCC(C)C(C(=O)N1CCN(C(c2ccccc2)c2ccccc2)CC1)N1C(=O)c2ccccc2C1c1c(-c2ccc(C)cc2)n(C)c2ccccc12. The maximum Gasteiger partial charge on any atom is 0.255 e. The molecule has 6 aromatic rings. The van der Waals surface area contributed by atoms with Gasteiger partial charge < -0.3 is 14.4 Å². The van der Waals surface area contributed by atoms with Crippen LogP contribution >= 0.6 is 0 Å². The Morgan fingerprint density at radius 3 is 1.96 bits per heavy atom. The minimum atomic E-state index is -0.625. The first-order valence-electron chi connectivity index (χ1n) is 19.1. The Bertz CT molecular complexity index is 2200. The monoisotopic (exact) mass is 700 g/mol. The molecule has 0 aliphatic carbocycles. The van der Waals surface area contributed by atoms with Gasteiger partial charge in [-0.3, -0.25) is 14.5 Å². The van der Waals surface area contributed by atoms with E-state index in [0.717, 1.165) is 52.8 Å². The topological polar surface area (TPSA) is 48.8 Å². The zero-order valence-electron chi connectivity index (χ0n) is 31.2. The molecule has 1 saturated heterocycles. The second kappa shape index (κ2) is 14.5. The molecule has 0 radical (unpaired) electrons. The van der Waals surface area contributed by atoms with Gasteiger partial charge in [0.2, 0.25) is 5.91 Å². The average Bonchev–Trinajstić information content (AvgIpc) is 3.65. The molecule has 0 spiro atoms. The molecule has 268 valence electrons. The number of carbonyl (C=O) groups is 2. The number of rotatable bonds is 9. The summed E-state index contributed by atoms with van der Waals surface area (Å²) in [5.41, 5.74) is 9.67. The maximum absolute atomic E-state index is 15.1. The number of aryl methyl sites for hydroxylation is 2. The summed E-state index contributed by atoms with van der Waals surface area (Å²) in [5, 5.41) is 1.10. The minimum Gasteiger partial charge on any atom is -0.343 e. The molecule has 0 N–H and O–H groups in total. The normalized spacial score (nSPS) is 17.4. The molecule has 53 heavy (non-hydrogen) atoms. The van der Waals surface area contributed by atoms with Gasteiger partial charge in [0.25, 0.3) is 5.91 Å². The van der Waals surface area contributed by atoms with Crippen molar-refractivity contribution in [2.75, 3.05) is 26.2 Å². The number of amides is 2. The third-order valence-corrected chi connectivity index (χ3v) is 11.7. The summed E-state index contributed by atoms with van der Waals surface area (Å²) in [4.78, 5) is 36.5. The molecule has 8 rings (SSSR count). The van der Waals surface area contributed by atoms with Crippen molar-refractivity contribution < 1.29 is 9.59 Å². The Balaban J connectivity index is 1.19. The first kappa shape index (κ1) is 34.6. The Hall–Kier alpha value is -5.46. The number of hydrogen-bond donors (Lipinski definition) is 0. The molecule has 0 saturated carbocycles. The molecular formula is C47H48N4O2. The van der Waals surface area contributed by atoms with Crippen molar-refractivity contribution in [3.8, 4) is 11.3 Å². The van der Waals surface area contributed by atoms with Gasteiger partial charge in [0.15, 0.2) is 0 Å². The lowest BCUT2D eigenvalue weighted by Crippen LogP contribution is -2.57. The fraction of sp³-hybridized carbons (Fsp3) is 0.277. The van der Waals surface area contributed by atoms with E-state index in [1.54, 1.807) is 0 Å². The highest BCUT2D eigenvalue weighted by Gasteiger charge is 2.48. The summed E-state index contributed by atoms with van der Waals surface area (Å²) < 4.78 is 2.26. The van der Waals surface area contributed by atoms with E-state index < -0.39 is 12.1 Å². The van der Waals surface area contributed by atoms with Gasteiger partial charge in [-0.05, 0) is 47.2 Å². The van der Waals surface area contributed by atoms with Gasteiger partial charge in [-0.1, -0.05) is 147 Å². The second-order valence-corrected chi connectivity index (χ2v) is 14.8. The molecule has 3 atom stereocenters. The number of piperazine rings is 1. The number of para-hydroxylation sites is 1. The van der Waals surface area contributed by atoms with Gasteiger partial charge in [0, 0.05) is 55.3 Å². The van der Waals surface area contributed by atoms with Gasteiger partial charge in [-0.2, -0.15) is 0 Å². The summed E-state index contributed by atoms with van der Waals surface area (Å²) in [6.07, 6.45) is 0.771. The second-order valence-electron chi connectivity index (χ2n) is 14.8. The Labute approximate surface area is 313 Å². The maximum atomic E-state index is 15.1. The van der Waals surface area contributed by atoms with Crippen molar-refractivity contribution in [2.24, 2.45) is 13.0 Å². The molecule has 3 unspecified atom stereocenters. The van der Waals surface area contributed by atoms with Gasteiger partial charge in [-0.25, -0.2) is 0 Å². The smallest absolute Gasteiger partial charge is 0.255 e. The van der Waals surface area contributed by atoms with E-state index in [4.69, 9.17) is 0 Å². The lowest BCUT2D eigenvalue weighted by molar-refractivity contribution is -0.140. The molecule has 0 bridgehead atoms. The highest BCUT2D eigenvalue weighted by molar-refractivity contribution is 6.04. The molecule has 6 heteroatoms. The molecule has 2 aliphatic heterocycles. The van der Waals surface area contributed by atoms with Gasteiger partial charge >= 0.3 is 0 Å². The lowest BCUT2D eigenvalue weighted by atomic mass is 9.90. The van der Waals surface area contributed by atoms with Crippen LogP contribution in [0.2, 0.25) is 0 Å². The first-order valence-corrected chi connectivity index (χ1v) is 19.1. The number of fused-ring (bicyclic) bond motifs is 2. The minimum absolute atomic E-state index is 0.0400. The van der Waals surface area contributed by atoms with Crippen LogP contribution in [0.4, 0.5) is 0 Å². The molecule has 1 fully saturated rings. The Morgan fingerprint density at radius 1 is 0.736 bits per heavy atom. The van der Waals surface area contributed by atoms with Crippen LogP contribution in [0.3, 0.4) is 0 Å². The van der Waals surface area contributed by atoms with Crippen LogP contribution in [-0.4, -0.2) is 63.3 Å². The van der Waals surface area contributed by atoms with Gasteiger partial charge in [-0.15, -0.1) is 0 Å². The number of benzene rings is 5. The van der Waals surface area contributed by atoms with Gasteiger partial charge in [0.05, 0.1) is 17.8 Å². The summed E-state index contributed by atoms with van der Waals surface area (Å²) in [6.45, 7) is 9.06. The van der Waals surface area contributed by atoms with Crippen LogP contribution in [0, 0.1) is 12.8 Å². The number of hydrogen-bond acceptors (Lipinski definition) is 3. The van der Waals surface area contributed by atoms with Crippen LogP contribution in [0.5, 0.6) is 0 Å². The van der Waals surface area contributed by atoms with Crippen molar-refractivity contribution >= 4 is 22.7 Å².